The fraction of sp³-hybridized carbons (Fsp3) is 0.500. The molecule has 278 valence electrons. The van der Waals surface area contributed by atoms with Crippen LogP contribution in [0.15, 0.2) is 21.2 Å². The van der Waals surface area contributed by atoms with E-state index in [4.69, 9.17) is 68.5 Å². The number of aliphatic carboxylic acids is 6. The lowest BCUT2D eigenvalue weighted by Crippen LogP contribution is -2.29. The van der Waals surface area contributed by atoms with Gasteiger partial charge in [0.25, 0.3) is 23.7 Å². The van der Waals surface area contributed by atoms with Gasteiger partial charge >= 0.3 is 35.8 Å². The van der Waals surface area contributed by atoms with E-state index in [2.05, 4.69) is 70.2 Å². The number of anilines is 2. The predicted octanol–water partition coefficient (Wildman–Crippen LogP) is -0.332. The second-order valence-corrected chi connectivity index (χ2v) is 11.2. The van der Waals surface area contributed by atoms with E-state index in [9.17, 15) is 0 Å². The number of nitrogens with zero attached hydrogens (tertiary/aromatic N) is 8. The molecule has 2 unspecified atom stereocenters. The lowest BCUT2D eigenvalue weighted by Gasteiger charge is -2.25. The first-order valence-electron chi connectivity index (χ1n) is 14.2. The molecule has 0 aliphatic carbocycles. The minimum Gasteiger partial charge on any atom is -0.473 e. The predicted molar refractivity (Wildman–Crippen MR) is 172 cm³/mol. The van der Waals surface area contributed by atoms with Gasteiger partial charge in [0.05, 0.1) is 0 Å². The van der Waals surface area contributed by atoms with E-state index in [1.54, 1.807) is 0 Å². The first-order valence-corrected chi connectivity index (χ1v) is 14.2. The molecule has 0 amide bonds. The Morgan fingerprint density at radius 1 is 0.600 bits per heavy atom. The summed E-state index contributed by atoms with van der Waals surface area (Å²) in [5.74, 6) is -7.36. The second kappa shape index (κ2) is 21.1. The smallest absolute Gasteiger partial charge is 0.414 e. The number of likely N-dealkylation sites (N-methyl/N-ethyl adjacent to an activating group) is 2. The summed E-state index contributed by atoms with van der Waals surface area (Å²) in [6, 6.07) is 0. The molecule has 50 heavy (non-hydrogen) atoms. The summed E-state index contributed by atoms with van der Waals surface area (Å²) in [6.07, 6.45) is 4.43. The summed E-state index contributed by atoms with van der Waals surface area (Å²) in [6.45, 7) is 8.30. The highest BCUT2D eigenvalue weighted by Crippen LogP contribution is 2.23. The van der Waals surface area contributed by atoms with Gasteiger partial charge in [0.1, 0.15) is 0 Å². The zero-order chi connectivity index (χ0) is 38.9. The molecule has 2 aliphatic rings. The van der Waals surface area contributed by atoms with Gasteiger partial charge in [0, 0.05) is 65.5 Å². The molecule has 2 aliphatic heterocycles. The number of rotatable bonds is 4. The van der Waals surface area contributed by atoms with Crippen LogP contribution in [-0.4, -0.2) is 165 Å². The molecule has 22 heteroatoms. The number of carboxylic acid groups (broad SMARTS) is 6. The highest BCUT2D eigenvalue weighted by Gasteiger charge is 2.21. The lowest BCUT2D eigenvalue weighted by molar-refractivity contribution is -0.159. The average molecular weight is 715 g/mol. The van der Waals surface area contributed by atoms with Gasteiger partial charge in [-0.25, -0.2) is 28.8 Å². The van der Waals surface area contributed by atoms with Gasteiger partial charge in [0.15, 0.2) is 0 Å². The number of hydrogen-bond acceptors (Lipinski definition) is 16. The summed E-state index contributed by atoms with van der Waals surface area (Å²) in [4.78, 5) is 71.5. The van der Waals surface area contributed by atoms with Gasteiger partial charge < -0.3 is 59.3 Å². The maximum absolute atomic E-state index is 9.10. The zero-order valence-corrected chi connectivity index (χ0v) is 28.7. The third kappa shape index (κ3) is 17.3. The quantitative estimate of drug-likeness (QED) is 0.221. The third-order valence-corrected chi connectivity index (χ3v) is 5.78. The van der Waals surface area contributed by atoms with Crippen LogP contribution in [0.4, 0.5) is 11.9 Å². The third-order valence-electron chi connectivity index (χ3n) is 5.78. The number of carboxylic acids is 6. The number of hydrogen-bond donors (Lipinski definition) is 6. The van der Waals surface area contributed by atoms with Crippen LogP contribution in [0.5, 0.6) is 0 Å². The van der Waals surface area contributed by atoms with Gasteiger partial charge in [0.2, 0.25) is 0 Å². The molecule has 0 saturated carbocycles. The Morgan fingerprint density at radius 3 is 1.04 bits per heavy atom. The van der Waals surface area contributed by atoms with Crippen LogP contribution < -0.4 is 9.80 Å². The van der Waals surface area contributed by atoms with E-state index >= 15 is 0 Å². The van der Waals surface area contributed by atoms with Crippen molar-refractivity contribution in [1.82, 2.24) is 30.1 Å². The minimum absolute atomic E-state index is 0.531. The Hall–Kier alpha value is -5.90. The maximum Gasteiger partial charge on any atom is 0.414 e. The van der Waals surface area contributed by atoms with Crippen molar-refractivity contribution in [2.45, 2.75) is 13.8 Å². The van der Waals surface area contributed by atoms with Crippen LogP contribution in [-0.2, 0) is 28.8 Å². The van der Waals surface area contributed by atoms with E-state index < -0.39 is 35.8 Å². The van der Waals surface area contributed by atoms with E-state index in [-0.39, 0.29) is 0 Å². The molecule has 0 saturated heterocycles. The summed E-state index contributed by atoms with van der Waals surface area (Å²) in [5, 5.41) is 52.2. The van der Waals surface area contributed by atoms with Gasteiger partial charge in [-0.1, -0.05) is 26.0 Å². The van der Waals surface area contributed by atoms with Crippen molar-refractivity contribution in [1.29, 1.82) is 0 Å². The van der Waals surface area contributed by atoms with E-state index in [1.807, 2.05) is 38.0 Å². The highest BCUT2D eigenvalue weighted by atomic mass is 16.5. The molecule has 2 aromatic heterocycles. The molecule has 0 aromatic carbocycles. The topological polar surface area (TPSA) is 315 Å². The number of aromatic nitrogens is 4. The fourth-order valence-corrected chi connectivity index (χ4v) is 3.93. The van der Waals surface area contributed by atoms with Crippen molar-refractivity contribution < 1.29 is 68.5 Å². The summed E-state index contributed by atoms with van der Waals surface area (Å²) in [5.41, 5.74) is 2.25. The van der Waals surface area contributed by atoms with Gasteiger partial charge in [-0.2, -0.15) is 9.97 Å². The SMILES string of the molecule is CC1C=C(c2nc(N(C)C)no2)CN(C)C1.CC1C=C(c2nc(N(C)C)no2)CN(C)C1.O=C(O)C(=O)O.O=C(O)C(=O)O.O=C(O)C(=O)O. The lowest BCUT2D eigenvalue weighted by atomic mass is 10.0. The molecular weight excluding hydrogens is 672 g/mol. The minimum atomic E-state index is -1.82. The molecule has 0 spiro atoms. The van der Waals surface area contributed by atoms with Crippen LogP contribution in [0.2, 0.25) is 0 Å². The van der Waals surface area contributed by atoms with Crippen molar-refractivity contribution in [2.75, 3.05) is 78.3 Å². The largest absolute Gasteiger partial charge is 0.473 e. The molecule has 0 fully saturated rings. The molecule has 22 nitrogen and oxygen atoms in total. The van der Waals surface area contributed by atoms with Crippen LogP contribution >= 0.6 is 0 Å². The Bertz CT molecular complexity index is 1360. The van der Waals surface area contributed by atoms with Gasteiger partial charge in [-0.15, -0.1) is 0 Å². The average Bonchev–Trinajstić information content (AvgIpc) is 3.69. The molecule has 4 heterocycles. The molecule has 0 radical (unpaired) electrons. The van der Waals surface area contributed by atoms with Crippen LogP contribution in [0.3, 0.4) is 0 Å². The molecule has 6 N–H and O–H groups in total. The van der Waals surface area contributed by atoms with Crippen LogP contribution in [0.25, 0.3) is 11.1 Å². The van der Waals surface area contributed by atoms with Gasteiger partial charge in [-0.3, -0.25) is 0 Å². The standard InChI is InChI=1S/2C11H18N4O.3C2H2O4/c2*1-8-5-9(7-15(4)6-8)10-12-11(13-16-10)14(2)3;3*3-1(4)2(5)6/h2*5,8H,6-7H2,1-4H3;3*(H,3,4)(H,5,6). The van der Waals surface area contributed by atoms with E-state index in [1.165, 1.54) is 0 Å². The Labute approximate surface area is 285 Å². The van der Waals surface area contributed by atoms with Crippen LogP contribution in [0.1, 0.15) is 25.6 Å². The van der Waals surface area contributed by atoms with Crippen molar-refractivity contribution in [3.05, 3.63) is 23.9 Å². The Balaban J connectivity index is 0.000000657. The molecule has 0 bridgehead atoms. The second-order valence-electron chi connectivity index (χ2n) is 11.2. The summed E-state index contributed by atoms with van der Waals surface area (Å²) >= 11 is 0. The van der Waals surface area contributed by atoms with E-state index in [0.717, 1.165) is 37.3 Å². The first kappa shape index (κ1) is 44.1. The Kier molecular flexibility index (Phi) is 18.7. The molecular formula is C28H42N8O14. The zero-order valence-electron chi connectivity index (χ0n) is 28.7. The molecule has 2 aromatic rings. The van der Waals surface area contributed by atoms with Crippen molar-refractivity contribution in [3.8, 4) is 0 Å². The normalized spacial score (nSPS) is 16.7. The van der Waals surface area contributed by atoms with E-state index in [0.29, 0.717) is 35.5 Å². The van der Waals surface area contributed by atoms with Crippen molar-refractivity contribution in [2.24, 2.45) is 11.8 Å². The van der Waals surface area contributed by atoms with Crippen LogP contribution in [0, 0.1) is 11.8 Å². The first-order chi connectivity index (χ1) is 23.0. The highest BCUT2D eigenvalue weighted by molar-refractivity contribution is 6.28. The fourth-order valence-electron chi connectivity index (χ4n) is 3.93. The monoisotopic (exact) mass is 714 g/mol. The Morgan fingerprint density at radius 2 is 0.860 bits per heavy atom. The maximum atomic E-state index is 9.10. The summed E-state index contributed by atoms with van der Waals surface area (Å²) in [7, 11) is 11.8. The number of carbonyl (C=O) groups is 6. The molecule has 4 rings (SSSR count). The molecule has 2 atom stereocenters. The van der Waals surface area contributed by atoms with Gasteiger partial charge in [-0.05, 0) is 36.2 Å². The van der Waals surface area contributed by atoms with Crippen molar-refractivity contribution in [3.63, 3.8) is 0 Å². The summed E-state index contributed by atoms with van der Waals surface area (Å²) < 4.78 is 10.5. The van der Waals surface area contributed by atoms with Crippen molar-refractivity contribution >= 4 is 58.9 Å².